The Morgan fingerprint density at radius 1 is 0.905 bits per heavy atom. The zero-order chi connectivity index (χ0) is 15.6. The molecular formula is C15H12O6. The first kappa shape index (κ1) is 14.3. The van der Waals surface area contributed by atoms with Gasteiger partial charge in [0.2, 0.25) is 0 Å². The number of hydrogen-bond acceptors (Lipinski definition) is 6. The smallest absolute Gasteiger partial charge is 0.193 e. The lowest BCUT2D eigenvalue weighted by Crippen LogP contribution is -1.95. The van der Waals surface area contributed by atoms with Gasteiger partial charge in [-0.15, -0.1) is 0 Å². The summed E-state index contributed by atoms with van der Waals surface area (Å²) in [6, 6.07) is 6.08. The van der Waals surface area contributed by atoms with E-state index in [1.807, 2.05) is 0 Å². The summed E-state index contributed by atoms with van der Waals surface area (Å²) in [4.78, 5) is 11.9. The summed E-state index contributed by atoms with van der Waals surface area (Å²) in [6.07, 6.45) is 2.24. The maximum atomic E-state index is 11.9. The van der Waals surface area contributed by atoms with Crippen LogP contribution in [-0.4, -0.2) is 31.3 Å². The summed E-state index contributed by atoms with van der Waals surface area (Å²) in [6.45, 7) is 0. The molecule has 0 unspecified atom stereocenters. The number of phenols is 5. The van der Waals surface area contributed by atoms with Crippen LogP contribution in [0.4, 0.5) is 0 Å². The minimum atomic E-state index is -0.729. The zero-order valence-electron chi connectivity index (χ0n) is 10.7. The molecule has 6 nitrogen and oxygen atoms in total. The number of carbonyl (C=O) groups is 1. The van der Waals surface area contributed by atoms with E-state index in [-0.39, 0.29) is 28.4 Å². The normalized spacial score (nSPS) is 10.9. The van der Waals surface area contributed by atoms with Gasteiger partial charge in [0, 0.05) is 17.7 Å². The molecule has 0 aliphatic rings. The predicted molar refractivity (Wildman–Crippen MR) is 74.6 cm³/mol. The number of para-hydroxylation sites is 1. The van der Waals surface area contributed by atoms with Gasteiger partial charge in [-0.05, 0) is 18.2 Å². The summed E-state index contributed by atoms with van der Waals surface area (Å²) in [5.41, 5.74) is -0.176. The molecule has 0 aliphatic heterocycles. The van der Waals surface area contributed by atoms with Crippen LogP contribution in [0.25, 0.3) is 6.08 Å². The molecular weight excluding hydrogens is 276 g/mol. The number of hydrogen-bond donors (Lipinski definition) is 5. The van der Waals surface area contributed by atoms with E-state index in [0.29, 0.717) is 0 Å². The van der Waals surface area contributed by atoms with Crippen molar-refractivity contribution < 1.29 is 30.3 Å². The molecule has 0 heterocycles. The Kier molecular flexibility index (Phi) is 3.71. The molecule has 0 aliphatic carbocycles. The van der Waals surface area contributed by atoms with Crippen molar-refractivity contribution in [3.8, 4) is 28.7 Å². The van der Waals surface area contributed by atoms with Gasteiger partial charge in [-0.2, -0.15) is 0 Å². The van der Waals surface area contributed by atoms with Gasteiger partial charge >= 0.3 is 0 Å². The van der Waals surface area contributed by atoms with E-state index in [1.54, 1.807) is 0 Å². The molecule has 21 heavy (non-hydrogen) atoms. The minimum absolute atomic E-state index is 0.195. The van der Waals surface area contributed by atoms with Gasteiger partial charge in [-0.25, -0.2) is 0 Å². The Bertz CT molecular complexity index is 710. The fraction of sp³-hybridized carbons (Fsp3) is 0. The van der Waals surface area contributed by atoms with Crippen LogP contribution in [0.1, 0.15) is 15.9 Å². The molecule has 2 aromatic rings. The largest absolute Gasteiger partial charge is 0.508 e. The summed E-state index contributed by atoms with van der Waals surface area (Å²) < 4.78 is 0. The molecule has 0 aromatic heterocycles. The van der Waals surface area contributed by atoms with Gasteiger partial charge in [-0.3, -0.25) is 4.79 Å². The van der Waals surface area contributed by atoms with Crippen molar-refractivity contribution in [3.63, 3.8) is 0 Å². The number of phenolic OH excluding ortho intramolecular Hbond substituents is 5. The third-order valence-corrected chi connectivity index (χ3v) is 2.79. The molecule has 2 aromatic carbocycles. The first-order chi connectivity index (χ1) is 9.90. The van der Waals surface area contributed by atoms with Gasteiger partial charge in [-0.1, -0.05) is 12.1 Å². The van der Waals surface area contributed by atoms with E-state index in [4.69, 9.17) is 5.11 Å². The molecule has 2 rings (SSSR count). The molecule has 0 saturated carbocycles. The Balaban J connectivity index is 2.34. The summed E-state index contributed by atoms with van der Waals surface area (Å²) in [5, 5.41) is 47.2. The SMILES string of the molecule is O=C(/C=C/c1cccc(O)c1O)c1c(O)cc(O)cc1O. The highest BCUT2D eigenvalue weighted by Crippen LogP contribution is 2.33. The molecule has 0 atom stereocenters. The van der Waals surface area contributed by atoms with Gasteiger partial charge in [0.05, 0.1) is 0 Å². The van der Waals surface area contributed by atoms with E-state index in [2.05, 4.69) is 0 Å². The van der Waals surface area contributed by atoms with Crippen LogP contribution in [0.2, 0.25) is 0 Å². The monoisotopic (exact) mass is 288 g/mol. The summed E-state index contributed by atoms with van der Waals surface area (Å²) in [7, 11) is 0. The van der Waals surface area contributed by atoms with Crippen molar-refractivity contribution in [1.29, 1.82) is 0 Å². The first-order valence-electron chi connectivity index (χ1n) is 5.88. The Hall–Kier alpha value is -3.15. The van der Waals surface area contributed by atoms with E-state index in [9.17, 15) is 25.2 Å². The number of aromatic hydroxyl groups is 5. The third-order valence-electron chi connectivity index (χ3n) is 2.79. The summed E-state index contributed by atoms with van der Waals surface area (Å²) >= 11 is 0. The molecule has 6 heteroatoms. The van der Waals surface area contributed by atoms with E-state index < -0.39 is 17.3 Å². The van der Waals surface area contributed by atoms with Crippen LogP contribution >= 0.6 is 0 Å². The second-order valence-electron chi connectivity index (χ2n) is 4.27. The first-order valence-corrected chi connectivity index (χ1v) is 5.88. The number of rotatable bonds is 3. The molecule has 0 fully saturated rings. The maximum Gasteiger partial charge on any atom is 0.193 e. The predicted octanol–water partition coefficient (Wildman–Crippen LogP) is 2.11. The highest BCUT2D eigenvalue weighted by atomic mass is 16.3. The Morgan fingerprint density at radius 2 is 1.52 bits per heavy atom. The highest BCUT2D eigenvalue weighted by molar-refractivity contribution is 6.10. The Labute approximate surface area is 119 Å². The van der Waals surface area contributed by atoms with Gasteiger partial charge in [0.15, 0.2) is 17.3 Å². The van der Waals surface area contributed by atoms with E-state index in [0.717, 1.165) is 18.2 Å². The fourth-order valence-corrected chi connectivity index (χ4v) is 1.78. The second kappa shape index (κ2) is 5.46. The molecule has 0 bridgehead atoms. The lowest BCUT2D eigenvalue weighted by Gasteiger charge is -2.05. The third kappa shape index (κ3) is 2.89. The van der Waals surface area contributed by atoms with Crippen molar-refractivity contribution in [2.24, 2.45) is 0 Å². The van der Waals surface area contributed by atoms with Crippen LogP contribution in [-0.2, 0) is 0 Å². The van der Waals surface area contributed by atoms with E-state index >= 15 is 0 Å². The zero-order valence-corrected chi connectivity index (χ0v) is 10.7. The van der Waals surface area contributed by atoms with Gasteiger partial charge in [0.25, 0.3) is 0 Å². The van der Waals surface area contributed by atoms with Crippen molar-refractivity contribution >= 4 is 11.9 Å². The van der Waals surface area contributed by atoms with Crippen molar-refractivity contribution in [3.05, 3.63) is 47.5 Å². The molecule has 0 amide bonds. The lowest BCUT2D eigenvalue weighted by atomic mass is 10.1. The van der Waals surface area contributed by atoms with Gasteiger partial charge < -0.3 is 25.5 Å². The van der Waals surface area contributed by atoms with Crippen LogP contribution in [0.5, 0.6) is 28.7 Å². The Morgan fingerprint density at radius 3 is 2.14 bits per heavy atom. The molecule has 0 saturated heterocycles. The fourth-order valence-electron chi connectivity index (χ4n) is 1.78. The molecule has 5 N–H and O–H groups in total. The minimum Gasteiger partial charge on any atom is -0.508 e. The average Bonchev–Trinajstić information content (AvgIpc) is 2.39. The van der Waals surface area contributed by atoms with E-state index in [1.165, 1.54) is 24.3 Å². The van der Waals surface area contributed by atoms with Crippen LogP contribution in [0.3, 0.4) is 0 Å². The van der Waals surface area contributed by atoms with Crippen LogP contribution < -0.4 is 0 Å². The number of benzene rings is 2. The van der Waals surface area contributed by atoms with Crippen molar-refractivity contribution in [1.82, 2.24) is 0 Å². The van der Waals surface area contributed by atoms with Crippen LogP contribution in [0.15, 0.2) is 36.4 Å². The number of carbonyl (C=O) groups excluding carboxylic acids is 1. The molecule has 108 valence electrons. The second-order valence-corrected chi connectivity index (χ2v) is 4.27. The van der Waals surface area contributed by atoms with Crippen molar-refractivity contribution in [2.75, 3.05) is 0 Å². The van der Waals surface area contributed by atoms with Crippen molar-refractivity contribution in [2.45, 2.75) is 0 Å². The van der Waals surface area contributed by atoms with Crippen LogP contribution in [0, 0.1) is 0 Å². The quantitative estimate of drug-likeness (QED) is 0.335. The molecule has 0 radical (unpaired) electrons. The highest BCUT2D eigenvalue weighted by Gasteiger charge is 2.15. The topological polar surface area (TPSA) is 118 Å². The summed E-state index contributed by atoms with van der Waals surface area (Å²) in [5.74, 6) is -2.96. The number of allylic oxidation sites excluding steroid dienone is 1. The molecule has 0 spiro atoms. The maximum absolute atomic E-state index is 11.9. The lowest BCUT2D eigenvalue weighted by molar-refractivity contribution is 0.104. The number of ketones is 1. The average molecular weight is 288 g/mol. The standard InChI is InChI=1S/C15H12O6/c16-9-6-12(19)14(13(20)7-9)10(17)5-4-8-2-1-3-11(18)15(8)21/h1-7,16,18-21H/b5-4+. The van der Waals surface area contributed by atoms with Gasteiger partial charge in [0.1, 0.15) is 22.8 Å².